The van der Waals surface area contributed by atoms with E-state index in [1.807, 2.05) is 38.5 Å². The quantitative estimate of drug-likeness (QED) is 0.259. The standard InChI is InChI=1S/C19H27N5O2/c1-20-19(23(3)15-18-8-6-14-22(18)2)21-13-5-4-7-16-9-11-17(12-10-16)24(25)26/h6,8-12,14H,4-5,7,13,15H2,1-3H3,(H,20,21). The molecule has 0 aliphatic rings. The Hall–Kier alpha value is -2.83. The minimum absolute atomic E-state index is 0.139. The first-order valence-corrected chi connectivity index (χ1v) is 8.76. The molecule has 2 aromatic rings. The number of aryl methyl sites for hydroxylation is 2. The highest BCUT2D eigenvalue weighted by molar-refractivity contribution is 5.79. The molecule has 0 spiro atoms. The molecule has 2 rings (SSSR count). The first-order chi connectivity index (χ1) is 12.5. The van der Waals surface area contributed by atoms with Crippen LogP contribution in [0.25, 0.3) is 0 Å². The minimum atomic E-state index is -0.370. The number of aromatic nitrogens is 1. The van der Waals surface area contributed by atoms with Crippen LogP contribution in [0.3, 0.4) is 0 Å². The maximum absolute atomic E-state index is 10.7. The number of aliphatic imine (C=N–C) groups is 1. The van der Waals surface area contributed by atoms with E-state index in [2.05, 4.69) is 25.8 Å². The molecule has 1 aromatic carbocycles. The Bertz CT molecular complexity index is 737. The van der Waals surface area contributed by atoms with Gasteiger partial charge in [-0.15, -0.1) is 0 Å². The Balaban J connectivity index is 1.70. The third-order valence-corrected chi connectivity index (χ3v) is 4.35. The van der Waals surface area contributed by atoms with E-state index in [-0.39, 0.29) is 10.6 Å². The van der Waals surface area contributed by atoms with Gasteiger partial charge in [0.25, 0.3) is 5.69 Å². The van der Waals surface area contributed by atoms with Crippen LogP contribution in [0, 0.1) is 10.1 Å². The molecular weight excluding hydrogens is 330 g/mol. The molecule has 0 radical (unpaired) electrons. The number of nitrogens with one attached hydrogen (secondary N) is 1. The summed E-state index contributed by atoms with van der Waals surface area (Å²) >= 11 is 0. The van der Waals surface area contributed by atoms with Crippen LogP contribution in [0.15, 0.2) is 47.6 Å². The van der Waals surface area contributed by atoms with E-state index in [1.165, 1.54) is 5.69 Å². The average Bonchev–Trinajstić information content (AvgIpc) is 3.03. The molecule has 0 aliphatic carbocycles. The Morgan fingerprint density at radius 1 is 1.27 bits per heavy atom. The van der Waals surface area contributed by atoms with Gasteiger partial charge in [-0.25, -0.2) is 0 Å². The van der Waals surface area contributed by atoms with Crippen molar-refractivity contribution in [2.75, 3.05) is 20.6 Å². The highest BCUT2D eigenvalue weighted by Crippen LogP contribution is 2.13. The number of hydrogen-bond donors (Lipinski definition) is 1. The smallest absolute Gasteiger partial charge is 0.269 e. The van der Waals surface area contributed by atoms with Gasteiger partial charge in [-0.1, -0.05) is 12.1 Å². The Morgan fingerprint density at radius 3 is 2.58 bits per heavy atom. The predicted molar refractivity (Wildman–Crippen MR) is 104 cm³/mol. The molecule has 1 N–H and O–H groups in total. The largest absolute Gasteiger partial charge is 0.356 e. The normalized spacial score (nSPS) is 11.4. The van der Waals surface area contributed by atoms with E-state index >= 15 is 0 Å². The number of rotatable bonds is 8. The van der Waals surface area contributed by atoms with E-state index in [9.17, 15) is 10.1 Å². The molecule has 0 atom stereocenters. The van der Waals surface area contributed by atoms with E-state index in [0.29, 0.717) is 0 Å². The fourth-order valence-corrected chi connectivity index (χ4v) is 2.80. The summed E-state index contributed by atoms with van der Waals surface area (Å²) in [5.74, 6) is 0.876. The summed E-state index contributed by atoms with van der Waals surface area (Å²) in [7, 11) is 5.86. The number of hydrogen-bond acceptors (Lipinski definition) is 3. The molecular formula is C19H27N5O2. The number of nitro groups is 1. The van der Waals surface area contributed by atoms with Crippen LogP contribution in [-0.4, -0.2) is 41.0 Å². The van der Waals surface area contributed by atoms with Gasteiger partial charge in [0.2, 0.25) is 0 Å². The topological polar surface area (TPSA) is 75.7 Å². The molecule has 0 fully saturated rings. The van der Waals surface area contributed by atoms with Gasteiger partial charge in [0, 0.05) is 51.7 Å². The van der Waals surface area contributed by atoms with Crippen LogP contribution in [0.1, 0.15) is 24.1 Å². The molecule has 1 aromatic heterocycles. The molecule has 0 aliphatic heterocycles. The zero-order valence-electron chi connectivity index (χ0n) is 15.7. The van der Waals surface area contributed by atoms with Crippen molar-refractivity contribution < 1.29 is 4.92 Å². The van der Waals surface area contributed by atoms with Crippen LogP contribution in [-0.2, 0) is 20.0 Å². The van der Waals surface area contributed by atoms with Crippen LogP contribution < -0.4 is 5.32 Å². The minimum Gasteiger partial charge on any atom is -0.356 e. The summed E-state index contributed by atoms with van der Waals surface area (Å²) in [6.45, 7) is 1.64. The van der Waals surface area contributed by atoms with E-state index < -0.39 is 0 Å². The van der Waals surface area contributed by atoms with Gasteiger partial charge in [0.05, 0.1) is 11.5 Å². The summed E-state index contributed by atoms with van der Waals surface area (Å²) in [5.41, 5.74) is 2.50. The number of nitro benzene ring substituents is 1. The Labute approximate surface area is 154 Å². The van der Waals surface area contributed by atoms with Gasteiger partial charge >= 0.3 is 0 Å². The first kappa shape index (κ1) is 19.5. The molecule has 7 nitrogen and oxygen atoms in total. The second-order valence-electron chi connectivity index (χ2n) is 6.32. The molecule has 0 bridgehead atoms. The van der Waals surface area contributed by atoms with E-state index in [4.69, 9.17) is 0 Å². The zero-order chi connectivity index (χ0) is 18.9. The number of guanidine groups is 1. The fraction of sp³-hybridized carbons (Fsp3) is 0.421. The summed E-state index contributed by atoms with van der Waals surface area (Å²) in [5, 5.41) is 14.0. The summed E-state index contributed by atoms with van der Waals surface area (Å²) in [6, 6.07) is 10.9. The third kappa shape index (κ3) is 5.61. The molecule has 140 valence electrons. The van der Waals surface area contributed by atoms with E-state index in [0.717, 1.165) is 43.9 Å². The first-order valence-electron chi connectivity index (χ1n) is 8.76. The third-order valence-electron chi connectivity index (χ3n) is 4.35. The van der Waals surface area contributed by atoms with Crippen molar-refractivity contribution in [2.45, 2.75) is 25.8 Å². The summed E-state index contributed by atoms with van der Waals surface area (Å²) < 4.78 is 2.11. The van der Waals surface area contributed by atoms with Crippen molar-refractivity contribution in [3.8, 4) is 0 Å². The molecule has 0 saturated heterocycles. The molecule has 1 heterocycles. The van der Waals surface area contributed by atoms with Crippen molar-refractivity contribution in [3.05, 3.63) is 64.0 Å². The van der Waals surface area contributed by atoms with Crippen molar-refractivity contribution in [1.29, 1.82) is 0 Å². The molecule has 26 heavy (non-hydrogen) atoms. The molecule has 0 unspecified atom stereocenters. The number of non-ortho nitro benzene ring substituents is 1. The maximum Gasteiger partial charge on any atom is 0.269 e. The molecule has 7 heteroatoms. The molecule has 0 saturated carbocycles. The highest BCUT2D eigenvalue weighted by atomic mass is 16.6. The van der Waals surface area contributed by atoms with E-state index in [1.54, 1.807) is 19.2 Å². The Morgan fingerprint density at radius 2 is 2.00 bits per heavy atom. The average molecular weight is 357 g/mol. The van der Waals surface area contributed by atoms with Gasteiger partial charge in [-0.2, -0.15) is 0 Å². The van der Waals surface area contributed by atoms with Crippen LogP contribution in [0.2, 0.25) is 0 Å². The van der Waals surface area contributed by atoms with Gasteiger partial charge in [0.15, 0.2) is 5.96 Å². The lowest BCUT2D eigenvalue weighted by Gasteiger charge is -2.22. The second-order valence-corrected chi connectivity index (χ2v) is 6.32. The second kappa shape index (κ2) is 9.60. The monoisotopic (exact) mass is 357 g/mol. The van der Waals surface area contributed by atoms with Crippen molar-refractivity contribution >= 4 is 11.6 Å². The highest BCUT2D eigenvalue weighted by Gasteiger charge is 2.08. The lowest BCUT2D eigenvalue weighted by atomic mass is 10.1. The van der Waals surface area contributed by atoms with Crippen LogP contribution in [0.4, 0.5) is 5.69 Å². The van der Waals surface area contributed by atoms with Gasteiger partial charge < -0.3 is 14.8 Å². The lowest BCUT2D eigenvalue weighted by Crippen LogP contribution is -2.39. The summed E-state index contributed by atoms with van der Waals surface area (Å²) in [4.78, 5) is 16.7. The van der Waals surface area contributed by atoms with Gasteiger partial charge in [-0.05, 0) is 37.0 Å². The zero-order valence-corrected chi connectivity index (χ0v) is 15.7. The predicted octanol–water partition coefficient (Wildman–Crippen LogP) is 2.96. The van der Waals surface area contributed by atoms with Gasteiger partial charge in [-0.3, -0.25) is 15.1 Å². The SMILES string of the molecule is CN=C(NCCCCc1ccc([N+](=O)[O-])cc1)N(C)Cc1cccn1C. The van der Waals surface area contributed by atoms with Crippen LogP contribution in [0.5, 0.6) is 0 Å². The molecule has 0 amide bonds. The number of nitrogens with zero attached hydrogens (tertiary/aromatic N) is 4. The van der Waals surface area contributed by atoms with Crippen LogP contribution >= 0.6 is 0 Å². The fourth-order valence-electron chi connectivity index (χ4n) is 2.80. The van der Waals surface area contributed by atoms with Crippen molar-refractivity contribution in [1.82, 2.24) is 14.8 Å². The maximum atomic E-state index is 10.7. The van der Waals surface area contributed by atoms with Crippen molar-refractivity contribution in [3.63, 3.8) is 0 Å². The number of benzene rings is 1. The van der Waals surface area contributed by atoms with Gasteiger partial charge in [0.1, 0.15) is 0 Å². The Kier molecular flexibility index (Phi) is 7.20. The van der Waals surface area contributed by atoms with Crippen molar-refractivity contribution in [2.24, 2.45) is 12.0 Å². The lowest BCUT2D eigenvalue weighted by molar-refractivity contribution is -0.384. The number of unbranched alkanes of at least 4 members (excludes halogenated alkanes) is 1. The summed E-state index contributed by atoms with van der Waals surface area (Å²) in [6.07, 6.45) is 4.98.